The van der Waals surface area contributed by atoms with Crippen molar-refractivity contribution in [1.82, 2.24) is 0 Å². The maximum absolute atomic E-state index is 10.7. The quantitative estimate of drug-likeness (QED) is 0.285. The average Bonchev–Trinajstić information content (AvgIpc) is 2.39. The predicted molar refractivity (Wildman–Crippen MR) is 74.6 cm³/mol. The Morgan fingerprint density at radius 3 is 2.06 bits per heavy atom. The molecule has 0 bridgehead atoms. The molecular formula is C15H28O3. The summed E-state index contributed by atoms with van der Waals surface area (Å²) >= 11 is 0. The Kier molecular flexibility index (Phi) is 13.6. The average molecular weight is 256 g/mol. The molecule has 0 aliphatic heterocycles. The first-order valence-corrected chi connectivity index (χ1v) is 7.18. The molecule has 0 aromatic heterocycles. The molecule has 3 nitrogen and oxygen atoms in total. The number of hydrogen-bond acceptors (Lipinski definition) is 3. The van der Waals surface area contributed by atoms with Crippen LogP contribution in [0.4, 0.5) is 0 Å². The van der Waals surface area contributed by atoms with Gasteiger partial charge >= 0.3 is 5.97 Å². The van der Waals surface area contributed by atoms with Crippen molar-refractivity contribution in [3.8, 4) is 0 Å². The SMILES string of the molecule is C=CC(=O)OCCCCCCCCCOCCC. The molecule has 0 aromatic carbocycles. The number of carbonyl (C=O) groups is 1. The fourth-order valence-corrected chi connectivity index (χ4v) is 1.67. The third-order valence-corrected chi connectivity index (χ3v) is 2.69. The molecule has 0 fully saturated rings. The molecule has 0 radical (unpaired) electrons. The summed E-state index contributed by atoms with van der Waals surface area (Å²) in [4.78, 5) is 10.7. The van der Waals surface area contributed by atoms with Crippen LogP contribution in [-0.4, -0.2) is 25.8 Å². The summed E-state index contributed by atoms with van der Waals surface area (Å²) < 4.78 is 10.3. The Balaban J connectivity index is 2.98. The van der Waals surface area contributed by atoms with Crippen LogP contribution < -0.4 is 0 Å². The summed E-state index contributed by atoms with van der Waals surface area (Å²) in [6, 6.07) is 0. The summed E-state index contributed by atoms with van der Waals surface area (Å²) in [6.45, 7) is 7.81. The maximum Gasteiger partial charge on any atom is 0.330 e. The second-order valence-corrected chi connectivity index (χ2v) is 4.46. The fraction of sp³-hybridized carbons (Fsp3) is 0.800. The normalized spacial score (nSPS) is 10.3. The van der Waals surface area contributed by atoms with Crippen molar-refractivity contribution in [2.45, 2.75) is 58.3 Å². The highest BCUT2D eigenvalue weighted by atomic mass is 16.5. The lowest BCUT2D eigenvalue weighted by Gasteiger charge is -2.03. The van der Waals surface area contributed by atoms with E-state index >= 15 is 0 Å². The lowest BCUT2D eigenvalue weighted by molar-refractivity contribution is -0.137. The molecule has 0 N–H and O–H groups in total. The minimum atomic E-state index is -0.318. The lowest BCUT2D eigenvalue weighted by atomic mass is 10.1. The highest BCUT2D eigenvalue weighted by molar-refractivity contribution is 5.81. The number of carbonyl (C=O) groups excluding carboxylic acids is 1. The summed E-state index contributed by atoms with van der Waals surface area (Å²) in [5.74, 6) is -0.318. The molecule has 0 saturated heterocycles. The van der Waals surface area contributed by atoms with Gasteiger partial charge in [0, 0.05) is 19.3 Å². The summed E-state index contributed by atoms with van der Waals surface area (Å²) in [5, 5.41) is 0. The first kappa shape index (κ1) is 17.2. The zero-order valence-electron chi connectivity index (χ0n) is 11.8. The van der Waals surface area contributed by atoms with E-state index in [-0.39, 0.29) is 5.97 Å². The van der Waals surface area contributed by atoms with E-state index in [9.17, 15) is 4.79 Å². The molecule has 0 saturated carbocycles. The van der Waals surface area contributed by atoms with Gasteiger partial charge in [-0.25, -0.2) is 4.79 Å². The van der Waals surface area contributed by atoms with Crippen molar-refractivity contribution < 1.29 is 14.3 Å². The lowest BCUT2D eigenvalue weighted by Crippen LogP contribution is -2.01. The Hall–Kier alpha value is -0.830. The van der Waals surface area contributed by atoms with Gasteiger partial charge in [-0.1, -0.05) is 45.6 Å². The van der Waals surface area contributed by atoms with E-state index in [1.165, 1.54) is 38.2 Å². The molecule has 0 rings (SSSR count). The van der Waals surface area contributed by atoms with Crippen molar-refractivity contribution in [2.75, 3.05) is 19.8 Å². The second-order valence-electron chi connectivity index (χ2n) is 4.46. The van der Waals surface area contributed by atoms with Gasteiger partial charge in [0.05, 0.1) is 6.61 Å². The van der Waals surface area contributed by atoms with Crippen LogP contribution in [0.3, 0.4) is 0 Å². The molecule has 0 atom stereocenters. The molecule has 106 valence electrons. The summed E-state index contributed by atoms with van der Waals surface area (Å²) in [5.41, 5.74) is 0. The molecule has 0 unspecified atom stereocenters. The number of hydrogen-bond donors (Lipinski definition) is 0. The first-order valence-electron chi connectivity index (χ1n) is 7.18. The standard InChI is InChI=1S/C15H28O3/c1-3-12-17-13-10-8-6-5-7-9-11-14-18-15(16)4-2/h4H,2-3,5-14H2,1H3. The number of unbranched alkanes of at least 4 members (excludes halogenated alkanes) is 6. The van der Waals surface area contributed by atoms with Crippen molar-refractivity contribution in [3.05, 3.63) is 12.7 Å². The van der Waals surface area contributed by atoms with Gasteiger partial charge in [0.15, 0.2) is 0 Å². The van der Waals surface area contributed by atoms with Crippen molar-refractivity contribution in [2.24, 2.45) is 0 Å². The largest absolute Gasteiger partial charge is 0.463 e. The van der Waals surface area contributed by atoms with Crippen LogP contribution in [0.25, 0.3) is 0 Å². The molecule has 0 heterocycles. The van der Waals surface area contributed by atoms with Gasteiger partial charge in [-0.3, -0.25) is 0 Å². The minimum absolute atomic E-state index is 0.318. The van der Waals surface area contributed by atoms with E-state index in [1.54, 1.807) is 0 Å². The second kappa shape index (κ2) is 14.2. The molecule has 0 amide bonds. The number of ether oxygens (including phenoxy) is 2. The van der Waals surface area contributed by atoms with E-state index in [0.717, 1.165) is 32.5 Å². The topological polar surface area (TPSA) is 35.5 Å². The van der Waals surface area contributed by atoms with Crippen LogP contribution in [0, 0.1) is 0 Å². The Morgan fingerprint density at radius 1 is 0.944 bits per heavy atom. The van der Waals surface area contributed by atoms with Crippen LogP contribution in [0.1, 0.15) is 58.3 Å². The van der Waals surface area contributed by atoms with Crippen molar-refractivity contribution in [1.29, 1.82) is 0 Å². The van der Waals surface area contributed by atoms with E-state index < -0.39 is 0 Å². The van der Waals surface area contributed by atoms with Crippen molar-refractivity contribution in [3.63, 3.8) is 0 Å². The third-order valence-electron chi connectivity index (χ3n) is 2.69. The molecular weight excluding hydrogens is 228 g/mol. The van der Waals surface area contributed by atoms with Gasteiger partial charge in [-0.2, -0.15) is 0 Å². The molecule has 0 aliphatic rings. The number of rotatable bonds is 13. The Labute approximate surface area is 112 Å². The van der Waals surface area contributed by atoms with Crippen LogP contribution in [-0.2, 0) is 14.3 Å². The summed E-state index contributed by atoms with van der Waals surface area (Å²) in [7, 11) is 0. The Bertz CT molecular complexity index is 202. The van der Waals surface area contributed by atoms with Crippen LogP contribution in [0.5, 0.6) is 0 Å². The Morgan fingerprint density at radius 2 is 1.50 bits per heavy atom. The summed E-state index contributed by atoms with van der Waals surface area (Å²) in [6.07, 6.45) is 10.6. The first-order chi connectivity index (χ1) is 8.81. The highest BCUT2D eigenvalue weighted by Crippen LogP contribution is 2.07. The fourth-order valence-electron chi connectivity index (χ4n) is 1.67. The van der Waals surface area contributed by atoms with Gasteiger partial charge in [-0.15, -0.1) is 0 Å². The number of esters is 1. The van der Waals surface area contributed by atoms with Gasteiger partial charge in [0.2, 0.25) is 0 Å². The van der Waals surface area contributed by atoms with Gasteiger partial charge in [-0.05, 0) is 19.3 Å². The van der Waals surface area contributed by atoms with Crippen LogP contribution in [0.15, 0.2) is 12.7 Å². The highest BCUT2D eigenvalue weighted by Gasteiger charge is 1.95. The molecule has 18 heavy (non-hydrogen) atoms. The molecule has 3 heteroatoms. The third kappa shape index (κ3) is 13.2. The van der Waals surface area contributed by atoms with E-state index in [1.807, 2.05) is 0 Å². The molecule has 0 aromatic rings. The van der Waals surface area contributed by atoms with E-state index in [0.29, 0.717) is 6.61 Å². The van der Waals surface area contributed by atoms with E-state index in [2.05, 4.69) is 13.5 Å². The van der Waals surface area contributed by atoms with Crippen LogP contribution in [0.2, 0.25) is 0 Å². The maximum atomic E-state index is 10.7. The van der Waals surface area contributed by atoms with Gasteiger partial charge < -0.3 is 9.47 Å². The van der Waals surface area contributed by atoms with Crippen LogP contribution >= 0.6 is 0 Å². The van der Waals surface area contributed by atoms with Crippen molar-refractivity contribution >= 4 is 5.97 Å². The zero-order valence-corrected chi connectivity index (χ0v) is 11.8. The predicted octanol–water partition coefficient (Wildman–Crippen LogP) is 3.87. The minimum Gasteiger partial charge on any atom is -0.463 e. The van der Waals surface area contributed by atoms with Gasteiger partial charge in [0.25, 0.3) is 0 Å². The van der Waals surface area contributed by atoms with Gasteiger partial charge in [0.1, 0.15) is 0 Å². The van der Waals surface area contributed by atoms with E-state index in [4.69, 9.17) is 9.47 Å². The zero-order chi connectivity index (χ0) is 13.5. The monoisotopic (exact) mass is 256 g/mol. The smallest absolute Gasteiger partial charge is 0.330 e. The molecule has 0 aliphatic carbocycles. The molecule has 0 spiro atoms.